The van der Waals surface area contributed by atoms with Gasteiger partial charge in [-0.2, -0.15) is 0 Å². The molecule has 0 saturated carbocycles. The van der Waals surface area contributed by atoms with Gasteiger partial charge in [-0.1, -0.05) is 0 Å². The minimum Gasteiger partial charge on any atom is -0.388 e. The van der Waals surface area contributed by atoms with E-state index in [1.807, 2.05) is 6.92 Å². The second kappa shape index (κ2) is 5.14. The summed E-state index contributed by atoms with van der Waals surface area (Å²) in [6.45, 7) is 1.88. The van der Waals surface area contributed by atoms with E-state index in [1.54, 1.807) is 0 Å². The lowest BCUT2D eigenvalue weighted by Crippen LogP contribution is -2.37. The predicted octanol–water partition coefficient (Wildman–Crippen LogP) is 0.114. The first-order chi connectivity index (χ1) is 5.20. The molecule has 1 rings (SSSR count). The van der Waals surface area contributed by atoms with Gasteiger partial charge in [0.05, 0.1) is 6.10 Å². The van der Waals surface area contributed by atoms with Gasteiger partial charge in [0.1, 0.15) is 6.10 Å². The maximum atomic E-state index is 8.92. The van der Waals surface area contributed by atoms with Crippen LogP contribution in [0.2, 0.25) is 0 Å². The highest BCUT2D eigenvalue weighted by atomic mass is 16.6. The van der Waals surface area contributed by atoms with Crippen LogP contribution in [0.3, 0.4) is 0 Å². The molecule has 0 spiro atoms. The molecule has 0 bridgehead atoms. The van der Waals surface area contributed by atoms with E-state index in [4.69, 9.17) is 14.9 Å². The molecule has 0 aromatic heterocycles. The first-order valence-corrected chi connectivity index (χ1v) is 3.55. The second-order valence-corrected chi connectivity index (χ2v) is 2.48. The molecule has 0 aromatic carbocycles. The van der Waals surface area contributed by atoms with Crippen LogP contribution in [0.1, 0.15) is 19.8 Å². The molecule has 2 N–H and O–H groups in total. The van der Waals surface area contributed by atoms with Gasteiger partial charge < -0.3 is 14.9 Å². The molecule has 1 aliphatic heterocycles. The van der Waals surface area contributed by atoms with E-state index >= 15 is 0 Å². The monoisotopic (exact) mass is 158 g/mol. The third-order valence-corrected chi connectivity index (χ3v) is 1.57. The molecule has 0 radical (unpaired) electrons. The zero-order chi connectivity index (χ0) is 8.85. The number of rotatable bonds is 0. The zero-order valence-electron chi connectivity index (χ0n) is 6.60. The van der Waals surface area contributed by atoms with Crippen molar-refractivity contribution < 1.29 is 14.9 Å². The first kappa shape index (κ1) is 10.4. The molecule has 0 aromatic rings. The fourth-order valence-electron chi connectivity index (χ4n) is 0.945. The molecule has 0 amide bonds. The minimum absolute atomic E-state index is 0.0865. The molecule has 3 heteroatoms. The summed E-state index contributed by atoms with van der Waals surface area (Å²) >= 11 is 0. The van der Waals surface area contributed by atoms with Crippen LogP contribution in [-0.4, -0.2) is 28.7 Å². The summed E-state index contributed by atoms with van der Waals surface area (Å²) in [4.78, 5) is 0. The molecule has 3 atom stereocenters. The standard InChI is InChI=1S/C6H12O3.C2H2/c1-4-2-3-5(7)6(8)9-4;1-2/h4-8H,2-3H2,1H3;1-2H. The quantitative estimate of drug-likeness (QED) is 0.492. The summed E-state index contributed by atoms with van der Waals surface area (Å²) < 4.78 is 4.90. The summed E-state index contributed by atoms with van der Waals surface area (Å²) in [5.41, 5.74) is 0. The van der Waals surface area contributed by atoms with E-state index in [9.17, 15) is 0 Å². The van der Waals surface area contributed by atoms with Crippen molar-refractivity contribution in [1.82, 2.24) is 0 Å². The van der Waals surface area contributed by atoms with Crippen molar-refractivity contribution in [2.75, 3.05) is 0 Å². The summed E-state index contributed by atoms with van der Waals surface area (Å²) in [5.74, 6) is 0. The molecule has 1 heterocycles. The van der Waals surface area contributed by atoms with Gasteiger partial charge in [-0.15, -0.1) is 12.8 Å². The van der Waals surface area contributed by atoms with Gasteiger partial charge in [0.15, 0.2) is 6.29 Å². The molecule has 1 saturated heterocycles. The zero-order valence-corrected chi connectivity index (χ0v) is 6.60. The molecule has 1 aliphatic rings. The molecule has 3 nitrogen and oxygen atoms in total. The fourth-order valence-corrected chi connectivity index (χ4v) is 0.945. The summed E-state index contributed by atoms with van der Waals surface area (Å²) in [7, 11) is 0. The van der Waals surface area contributed by atoms with E-state index in [0.717, 1.165) is 6.42 Å². The summed E-state index contributed by atoms with van der Waals surface area (Å²) in [5, 5.41) is 17.8. The van der Waals surface area contributed by atoms with Crippen molar-refractivity contribution in [3.05, 3.63) is 0 Å². The Balaban J connectivity index is 0.000000461. The van der Waals surface area contributed by atoms with Gasteiger partial charge >= 0.3 is 0 Å². The molecular formula is C8H14O3. The van der Waals surface area contributed by atoms with Gasteiger partial charge in [0.2, 0.25) is 0 Å². The Hall–Kier alpha value is -0.560. The van der Waals surface area contributed by atoms with Crippen LogP contribution in [0.25, 0.3) is 0 Å². The van der Waals surface area contributed by atoms with Crippen LogP contribution >= 0.6 is 0 Å². The number of ether oxygens (including phenoxy) is 1. The minimum atomic E-state index is -0.964. The first-order valence-electron chi connectivity index (χ1n) is 3.55. The van der Waals surface area contributed by atoms with E-state index in [1.165, 1.54) is 0 Å². The Morgan fingerprint density at radius 2 is 1.82 bits per heavy atom. The van der Waals surface area contributed by atoms with Gasteiger partial charge in [-0.25, -0.2) is 0 Å². The topological polar surface area (TPSA) is 49.7 Å². The van der Waals surface area contributed by atoms with Crippen molar-refractivity contribution >= 4 is 0 Å². The van der Waals surface area contributed by atoms with Crippen molar-refractivity contribution in [2.45, 2.75) is 38.3 Å². The number of aliphatic hydroxyl groups is 2. The maximum absolute atomic E-state index is 8.92. The van der Waals surface area contributed by atoms with E-state index in [0.29, 0.717) is 6.42 Å². The van der Waals surface area contributed by atoms with Crippen LogP contribution in [0.4, 0.5) is 0 Å². The molecular weight excluding hydrogens is 144 g/mol. The normalized spacial score (nSPS) is 37.0. The lowest BCUT2D eigenvalue weighted by atomic mass is 10.1. The maximum Gasteiger partial charge on any atom is 0.181 e. The van der Waals surface area contributed by atoms with Crippen LogP contribution in [0.5, 0.6) is 0 Å². The van der Waals surface area contributed by atoms with Gasteiger partial charge in [-0.3, -0.25) is 0 Å². The second-order valence-electron chi connectivity index (χ2n) is 2.48. The van der Waals surface area contributed by atoms with Crippen molar-refractivity contribution in [2.24, 2.45) is 0 Å². The number of hydrogen-bond donors (Lipinski definition) is 2. The summed E-state index contributed by atoms with van der Waals surface area (Å²) in [6, 6.07) is 0. The van der Waals surface area contributed by atoms with E-state index in [2.05, 4.69) is 12.8 Å². The highest BCUT2D eigenvalue weighted by Crippen LogP contribution is 2.16. The predicted molar refractivity (Wildman–Crippen MR) is 41.7 cm³/mol. The van der Waals surface area contributed by atoms with Gasteiger partial charge in [0, 0.05) is 0 Å². The number of aliphatic hydroxyl groups excluding tert-OH is 2. The Labute approximate surface area is 67.0 Å². The lowest BCUT2D eigenvalue weighted by molar-refractivity contribution is -0.210. The molecule has 64 valence electrons. The molecule has 11 heavy (non-hydrogen) atoms. The Morgan fingerprint density at radius 1 is 1.27 bits per heavy atom. The molecule has 1 fully saturated rings. The van der Waals surface area contributed by atoms with Crippen molar-refractivity contribution in [3.8, 4) is 12.8 Å². The largest absolute Gasteiger partial charge is 0.388 e. The van der Waals surface area contributed by atoms with E-state index < -0.39 is 12.4 Å². The Kier molecular flexibility index (Phi) is 4.88. The third kappa shape index (κ3) is 3.38. The third-order valence-electron chi connectivity index (χ3n) is 1.57. The lowest BCUT2D eigenvalue weighted by Gasteiger charge is -2.28. The van der Waals surface area contributed by atoms with Crippen LogP contribution in [0.15, 0.2) is 0 Å². The summed E-state index contributed by atoms with van der Waals surface area (Å²) in [6.07, 6.45) is 7.92. The number of terminal acetylenes is 1. The van der Waals surface area contributed by atoms with Crippen LogP contribution in [-0.2, 0) is 4.74 Å². The molecule has 0 aliphatic carbocycles. The average Bonchev–Trinajstić information content (AvgIpc) is 2.02. The van der Waals surface area contributed by atoms with Crippen LogP contribution < -0.4 is 0 Å². The average molecular weight is 158 g/mol. The molecule has 3 unspecified atom stereocenters. The SMILES string of the molecule is C#C.CC1CCC(O)C(O)O1. The fraction of sp³-hybridized carbons (Fsp3) is 0.750. The van der Waals surface area contributed by atoms with Gasteiger partial charge in [0.25, 0.3) is 0 Å². The van der Waals surface area contributed by atoms with Gasteiger partial charge in [-0.05, 0) is 19.8 Å². The van der Waals surface area contributed by atoms with Crippen LogP contribution in [0, 0.1) is 12.8 Å². The highest BCUT2D eigenvalue weighted by molar-refractivity contribution is 4.68. The highest BCUT2D eigenvalue weighted by Gasteiger charge is 2.24. The van der Waals surface area contributed by atoms with E-state index in [-0.39, 0.29) is 6.10 Å². The Morgan fingerprint density at radius 3 is 2.18 bits per heavy atom. The van der Waals surface area contributed by atoms with Crippen molar-refractivity contribution in [1.29, 1.82) is 0 Å². The smallest absolute Gasteiger partial charge is 0.181 e. The van der Waals surface area contributed by atoms with Crippen molar-refractivity contribution in [3.63, 3.8) is 0 Å². The Bertz CT molecular complexity index is 122. The number of hydrogen-bond acceptors (Lipinski definition) is 3.